The lowest BCUT2D eigenvalue weighted by Gasteiger charge is -2.08. The van der Waals surface area contributed by atoms with Crippen LogP contribution in [0.1, 0.15) is 41.5 Å². The summed E-state index contributed by atoms with van der Waals surface area (Å²) in [5.74, 6) is -0.392. The summed E-state index contributed by atoms with van der Waals surface area (Å²) in [5.41, 5.74) is 9.51. The number of anilines is 1. The average Bonchev–Trinajstić information content (AvgIpc) is 3.22. The fourth-order valence-electron chi connectivity index (χ4n) is 2.23. The van der Waals surface area contributed by atoms with Crippen LogP contribution in [-0.4, -0.2) is 37.4 Å². The third-order valence-electron chi connectivity index (χ3n) is 3.41. The van der Waals surface area contributed by atoms with Crippen LogP contribution in [0.25, 0.3) is 5.82 Å². The lowest BCUT2D eigenvalue weighted by molar-refractivity contribution is 0.0948. The number of amides is 1. The maximum Gasteiger partial charge on any atom is 0.293 e. The third-order valence-corrected chi connectivity index (χ3v) is 3.66. The molecule has 0 saturated carbocycles. The number of rotatable bonds is 5. The number of hydrogen-bond acceptors (Lipinski definition) is 8. The van der Waals surface area contributed by atoms with Crippen LogP contribution in [0.3, 0.4) is 0 Å². The largest absolute Gasteiger partial charge is 0.378 e. The van der Waals surface area contributed by atoms with Crippen molar-refractivity contribution in [2.75, 3.05) is 5.73 Å². The Labute approximate surface area is 153 Å². The Morgan fingerprint density at radius 2 is 2.08 bits per heavy atom. The van der Waals surface area contributed by atoms with Gasteiger partial charge < -0.3 is 5.73 Å². The second-order valence-corrected chi connectivity index (χ2v) is 6.05. The molecule has 0 aliphatic carbocycles. The quantitative estimate of drug-likeness (QED) is 0.512. The van der Waals surface area contributed by atoms with E-state index in [2.05, 4.69) is 35.8 Å². The lowest BCUT2D eigenvalue weighted by atomic mass is 10.1. The minimum atomic E-state index is -0.514. The Morgan fingerprint density at radius 1 is 1.35 bits per heavy atom. The Hall–Kier alpha value is -3.27. The van der Waals surface area contributed by atoms with Crippen LogP contribution >= 0.6 is 11.6 Å². The molecular formula is C15H15ClN8O2. The molecule has 0 aliphatic heterocycles. The Balaban J connectivity index is 1.82. The molecule has 1 amide bonds. The van der Waals surface area contributed by atoms with E-state index >= 15 is 0 Å². The first-order chi connectivity index (χ1) is 12.5. The van der Waals surface area contributed by atoms with Gasteiger partial charge >= 0.3 is 0 Å². The highest BCUT2D eigenvalue weighted by Gasteiger charge is 2.25. The zero-order valence-electron chi connectivity index (χ0n) is 13.9. The van der Waals surface area contributed by atoms with Gasteiger partial charge in [-0.15, -0.1) is 5.10 Å². The summed E-state index contributed by atoms with van der Waals surface area (Å²) in [7, 11) is 0. The van der Waals surface area contributed by atoms with E-state index < -0.39 is 5.91 Å². The van der Waals surface area contributed by atoms with Gasteiger partial charge in [-0.1, -0.05) is 42.8 Å². The second kappa shape index (κ2) is 7.31. The van der Waals surface area contributed by atoms with Crippen LogP contribution in [0.2, 0.25) is 5.02 Å². The smallest absolute Gasteiger partial charge is 0.293 e. The van der Waals surface area contributed by atoms with Gasteiger partial charge in [-0.3, -0.25) is 4.79 Å². The van der Waals surface area contributed by atoms with E-state index in [-0.39, 0.29) is 23.2 Å². The number of hydrazone groups is 1. The fourth-order valence-corrected chi connectivity index (χ4v) is 2.36. The lowest BCUT2D eigenvalue weighted by Crippen LogP contribution is -2.21. The Bertz CT molecular complexity index is 945. The minimum absolute atomic E-state index is 0.0458. The molecule has 2 heterocycles. The highest BCUT2D eigenvalue weighted by atomic mass is 35.5. The molecule has 0 saturated heterocycles. The number of carbonyl (C=O) groups is 1. The number of benzene rings is 1. The summed E-state index contributed by atoms with van der Waals surface area (Å²) in [6.07, 6.45) is 1.49. The molecule has 0 spiro atoms. The zero-order valence-corrected chi connectivity index (χ0v) is 14.7. The average molecular weight is 375 g/mol. The van der Waals surface area contributed by atoms with Gasteiger partial charge in [0, 0.05) is 5.02 Å². The molecule has 0 fully saturated rings. The normalized spacial score (nSPS) is 11.4. The van der Waals surface area contributed by atoms with Crippen LogP contribution < -0.4 is 11.2 Å². The van der Waals surface area contributed by atoms with E-state index in [1.807, 2.05) is 13.8 Å². The number of aromatic nitrogens is 5. The summed E-state index contributed by atoms with van der Waals surface area (Å²) < 4.78 is 5.91. The van der Waals surface area contributed by atoms with Crippen molar-refractivity contribution < 1.29 is 9.42 Å². The Kier molecular flexibility index (Phi) is 4.94. The fraction of sp³-hybridized carbons (Fsp3) is 0.200. The standard InChI is InChI=1S/C15H15ClN8O2/c1-8(2)12-11(19-23-24(12)14-13(17)21-26-22-14)15(25)20-18-7-9-3-5-10(16)6-4-9/h3-8H,1-2H3,(H2,17,21)(H,20,25)/b18-7-. The van der Waals surface area contributed by atoms with Crippen molar-refractivity contribution in [1.82, 2.24) is 30.7 Å². The number of nitrogens with zero attached hydrogens (tertiary/aromatic N) is 6. The zero-order chi connectivity index (χ0) is 18.7. The molecule has 3 N–H and O–H groups in total. The topological polar surface area (TPSA) is 137 Å². The van der Waals surface area contributed by atoms with E-state index in [1.54, 1.807) is 24.3 Å². The maximum atomic E-state index is 12.4. The van der Waals surface area contributed by atoms with Gasteiger partial charge in [0.1, 0.15) is 0 Å². The maximum absolute atomic E-state index is 12.4. The summed E-state index contributed by atoms with van der Waals surface area (Å²) in [6.45, 7) is 3.76. The van der Waals surface area contributed by atoms with Crippen molar-refractivity contribution in [1.29, 1.82) is 0 Å². The van der Waals surface area contributed by atoms with E-state index in [9.17, 15) is 4.79 Å². The van der Waals surface area contributed by atoms with Crippen LogP contribution in [-0.2, 0) is 0 Å². The summed E-state index contributed by atoms with van der Waals surface area (Å²) >= 11 is 5.82. The van der Waals surface area contributed by atoms with Gasteiger partial charge in [0.2, 0.25) is 11.6 Å². The van der Waals surface area contributed by atoms with Crippen LogP contribution in [0, 0.1) is 0 Å². The highest BCUT2D eigenvalue weighted by molar-refractivity contribution is 6.30. The van der Waals surface area contributed by atoms with Crippen LogP contribution in [0.4, 0.5) is 5.82 Å². The highest BCUT2D eigenvalue weighted by Crippen LogP contribution is 2.22. The number of carbonyl (C=O) groups excluding carboxylic acids is 1. The van der Waals surface area contributed by atoms with E-state index in [0.717, 1.165) is 5.56 Å². The predicted molar refractivity (Wildman–Crippen MR) is 94.2 cm³/mol. The summed E-state index contributed by atoms with van der Waals surface area (Å²) in [5, 5.41) is 19.6. The van der Waals surface area contributed by atoms with E-state index in [0.29, 0.717) is 10.7 Å². The molecule has 10 nitrogen and oxygen atoms in total. The summed E-state index contributed by atoms with van der Waals surface area (Å²) in [6, 6.07) is 7.00. The molecule has 3 rings (SSSR count). The number of hydrogen-bond donors (Lipinski definition) is 2. The molecule has 11 heteroatoms. The van der Waals surface area contributed by atoms with Crippen molar-refractivity contribution in [3.05, 3.63) is 46.2 Å². The first kappa shape index (κ1) is 17.5. The molecule has 0 bridgehead atoms. The Morgan fingerprint density at radius 3 is 2.69 bits per heavy atom. The summed E-state index contributed by atoms with van der Waals surface area (Å²) in [4.78, 5) is 12.4. The SMILES string of the molecule is CC(C)c1c(C(=O)N/N=C\c2ccc(Cl)cc2)nnn1-c1nonc1N. The van der Waals surface area contributed by atoms with Gasteiger partial charge in [0.05, 0.1) is 11.9 Å². The van der Waals surface area contributed by atoms with Crippen molar-refractivity contribution in [2.24, 2.45) is 5.10 Å². The molecule has 0 aliphatic rings. The number of nitrogen functional groups attached to an aromatic ring is 1. The van der Waals surface area contributed by atoms with E-state index in [4.69, 9.17) is 17.3 Å². The molecule has 0 radical (unpaired) electrons. The number of nitrogens with two attached hydrogens (primary N) is 1. The first-order valence-corrected chi connectivity index (χ1v) is 7.98. The molecule has 0 unspecified atom stereocenters. The molecule has 1 aromatic carbocycles. The van der Waals surface area contributed by atoms with Gasteiger partial charge in [-0.05, 0) is 33.9 Å². The molecule has 26 heavy (non-hydrogen) atoms. The third kappa shape index (κ3) is 3.54. The van der Waals surface area contributed by atoms with Crippen molar-refractivity contribution in [3.8, 4) is 5.82 Å². The van der Waals surface area contributed by atoms with Gasteiger partial charge in [0.15, 0.2) is 5.69 Å². The van der Waals surface area contributed by atoms with Gasteiger partial charge in [0.25, 0.3) is 5.91 Å². The van der Waals surface area contributed by atoms with Gasteiger partial charge in [-0.25, -0.2) is 10.1 Å². The monoisotopic (exact) mass is 374 g/mol. The predicted octanol–water partition coefficient (Wildman–Crippen LogP) is 1.77. The minimum Gasteiger partial charge on any atom is -0.378 e. The van der Waals surface area contributed by atoms with Crippen molar-refractivity contribution >= 4 is 29.5 Å². The van der Waals surface area contributed by atoms with Gasteiger partial charge in [-0.2, -0.15) is 9.78 Å². The second-order valence-electron chi connectivity index (χ2n) is 5.61. The number of halogens is 1. The van der Waals surface area contributed by atoms with Crippen LogP contribution in [0.15, 0.2) is 34.0 Å². The molecular weight excluding hydrogens is 360 g/mol. The van der Waals surface area contributed by atoms with Crippen LogP contribution in [0.5, 0.6) is 0 Å². The molecule has 3 aromatic rings. The molecule has 2 aromatic heterocycles. The molecule has 0 atom stereocenters. The molecule has 134 valence electrons. The van der Waals surface area contributed by atoms with Crippen molar-refractivity contribution in [3.63, 3.8) is 0 Å². The van der Waals surface area contributed by atoms with Crippen molar-refractivity contribution in [2.45, 2.75) is 19.8 Å². The van der Waals surface area contributed by atoms with E-state index in [1.165, 1.54) is 10.9 Å². The number of nitrogens with one attached hydrogen (secondary N) is 1. The first-order valence-electron chi connectivity index (χ1n) is 7.60.